The van der Waals surface area contributed by atoms with E-state index in [1.807, 2.05) is 17.4 Å². The van der Waals surface area contributed by atoms with Gasteiger partial charge >= 0.3 is 11.9 Å². The number of carbonyl (C=O) groups excluding carboxylic acids is 1. The molecule has 0 heterocycles. The molecule has 1 aliphatic carbocycles. The minimum absolute atomic E-state index is 0.185. The number of carboxylic acid groups (broad SMARTS) is 1. The number of carboxylic acids is 1. The van der Waals surface area contributed by atoms with Crippen molar-refractivity contribution >= 4 is 23.1 Å². The maximum Gasteiger partial charge on any atom is 0.376 e. The van der Waals surface area contributed by atoms with Gasteiger partial charge in [-0.15, -0.1) is 0 Å². The van der Waals surface area contributed by atoms with Crippen LogP contribution < -0.4 is 10.6 Å². The quantitative estimate of drug-likeness (QED) is 0.585. The number of rotatable bonds is 8. The molecule has 2 aromatic carbocycles. The van der Waals surface area contributed by atoms with E-state index in [4.69, 9.17) is 5.11 Å². The Kier molecular flexibility index (Phi) is 6.82. The summed E-state index contributed by atoms with van der Waals surface area (Å²) in [5.41, 5.74) is 4.74. The molecule has 0 aliphatic heterocycles. The van der Waals surface area contributed by atoms with Crippen LogP contribution in [0.1, 0.15) is 47.2 Å². The first-order chi connectivity index (χ1) is 14.3. The van der Waals surface area contributed by atoms with Crippen LogP contribution in [0.2, 0.25) is 0 Å². The molecule has 0 unspecified atom stereocenters. The highest BCUT2D eigenvalue weighted by Gasteiger charge is 2.39. The van der Waals surface area contributed by atoms with Crippen molar-refractivity contribution < 1.29 is 23.5 Å². The highest BCUT2D eigenvalue weighted by atomic mass is 19.3. The van der Waals surface area contributed by atoms with Gasteiger partial charge in [0.05, 0.1) is 6.54 Å². The Morgan fingerprint density at radius 3 is 2.30 bits per heavy atom. The highest BCUT2D eigenvalue weighted by Crippen LogP contribution is 2.27. The number of alkyl halides is 2. The Morgan fingerprint density at radius 2 is 1.70 bits per heavy atom. The number of aliphatic carboxylic acids is 1. The molecule has 0 saturated heterocycles. The van der Waals surface area contributed by atoms with Crippen molar-refractivity contribution in [1.29, 1.82) is 0 Å². The number of nitrogens with one attached hydrogen (secondary N) is 2. The largest absolute Gasteiger partial charge is 0.477 e. The lowest BCUT2D eigenvalue weighted by molar-refractivity contribution is -0.163. The van der Waals surface area contributed by atoms with Gasteiger partial charge in [0.2, 0.25) is 0 Å². The first kappa shape index (κ1) is 21.5. The molecule has 0 saturated carbocycles. The van der Waals surface area contributed by atoms with E-state index in [0.29, 0.717) is 6.54 Å². The van der Waals surface area contributed by atoms with Crippen LogP contribution in [0.15, 0.2) is 54.6 Å². The van der Waals surface area contributed by atoms with Crippen LogP contribution in [-0.4, -0.2) is 29.5 Å². The molecule has 3 N–H and O–H groups in total. The maximum absolute atomic E-state index is 13.1. The molecule has 0 bridgehead atoms. The number of allylic oxidation sites excluding steroid dienone is 2. The van der Waals surface area contributed by atoms with Crippen LogP contribution in [0.5, 0.6) is 0 Å². The number of amides is 1. The second-order valence-corrected chi connectivity index (χ2v) is 7.30. The third kappa shape index (κ3) is 5.65. The monoisotopic (exact) mass is 414 g/mol. The number of carbonyl (C=O) groups is 2. The summed E-state index contributed by atoms with van der Waals surface area (Å²) in [6.45, 7) is -0.710. The lowest BCUT2D eigenvalue weighted by Gasteiger charge is -2.14. The van der Waals surface area contributed by atoms with Gasteiger partial charge in [0.1, 0.15) is 0 Å². The van der Waals surface area contributed by atoms with Crippen LogP contribution in [0, 0.1) is 0 Å². The van der Waals surface area contributed by atoms with Crippen LogP contribution in [0.25, 0.3) is 5.57 Å². The van der Waals surface area contributed by atoms with Crippen molar-refractivity contribution in [1.82, 2.24) is 5.32 Å². The fourth-order valence-corrected chi connectivity index (χ4v) is 3.25. The Labute approximate surface area is 173 Å². The molecule has 3 rings (SSSR count). The highest BCUT2D eigenvalue weighted by molar-refractivity contribution is 5.94. The molecular formula is C23H24F2N2O3. The fourth-order valence-electron chi connectivity index (χ4n) is 3.25. The molecule has 0 radical (unpaired) electrons. The first-order valence-corrected chi connectivity index (χ1v) is 9.87. The summed E-state index contributed by atoms with van der Waals surface area (Å²) in [4.78, 5) is 22.3. The van der Waals surface area contributed by atoms with E-state index in [-0.39, 0.29) is 5.56 Å². The van der Waals surface area contributed by atoms with Crippen molar-refractivity contribution in [3.05, 3.63) is 71.3 Å². The number of benzene rings is 2. The van der Waals surface area contributed by atoms with Crippen molar-refractivity contribution in [2.45, 2.75) is 38.2 Å². The van der Waals surface area contributed by atoms with Crippen LogP contribution in [0.4, 0.5) is 14.5 Å². The molecule has 0 spiro atoms. The fraction of sp³-hybridized carbons (Fsp3) is 0.304. The van der Waals surface area contributed by atoms with E-state index in [1.165, 1.54) is 36.1 Å². The second kappa shape index (κ2) is 9.52. The van der Waals surface area contributed by atoms with Gasteiger partial charge in [0.25, 0.3) is 5.91 Å². The molecule has 0 fully saturated rings. The lowest BCUT2D eigenvalue weighted by Crippen LogP contribution is -2.42. The Morgan fingerprint density at radius 1 is 1.00 bits per heavy atom. The molecule has 7 heteroatoms. The maximum atomic E-state index is 13.1. The third-order valence-corrected chi connectivity index (χ3v) is 5.04. The molecule has 2 aromatic rings. The summed E-state index contributed by atoms with van der Waals surface area (Å²) in [6.07, 6.45) is 7.08. The zero-order chi connectivity index (χ0) is 21.6. The van der Waals surface area contributed by atoms with Gasteiger partial charge in [0, 0.05) is 17.8 Å². The molecule has 0 aromatic heterocycles. The van der Waals surface area contributed by atoms with Gasteiger partial charge in [-0.3, -0.25) is 4.79 Å². The molecule has 30 heavy (non-hydrogen) atoms. The normalized spacial score (nSPS) is 14.0. The Hall–Kier alpha value is -3.22. The van der Waals surface area contributed by atoms with E-state index in [2.05, 4.69) is 23.5 Å². The predicted octanol–water partition coefficient (Wildman–Crippen LogP) is 4.71. The Balaban J connectivity index is 1.51. The Bertz CT molecular complexity index is 922. The lowest BCUT2D eigenvalue weighted by atomic mass is 9.94. The third-order valence-electron chi connectivity index (χ3n) is 5.04. The predicted molar refractivity (Wildman–Crippen MR) is 112 cm³/mol. The smallest absolute Gasteiger partial charge is 0.376 e. The van der Waals surface area contributed by atoms with E-state index < -0.39 is 24.3 Å². The van der Waals surface area contributed by atoms with Crippen LogP contribution in [-0.2, 0) is 11.3 Å². The van der Waals surface area contributed by atoms with Gasteiger partial charge in [-0.1, -0.05) is 30.3 Å². The molecule has 5 nitrogen and oxygen atoms in total. The van der Waals surface area contributed by atoms with Crippen LogP contribution in [0.3, 0.4) is 0 Å². The van der Waals surface area contributed by atoms with E-state index in [9.17, 15) is 18.4 Å². The summed E-state index contributed by atoms with van der Waals surface area (Å²) >= 11 is 0. The zero-order valence-corrected chi connectivity index (χ0v) is 16.5. The topological polar surface area (TPSA) is 78.4 Å². The van der Waals surface area contributed by atoms with E-state index in [1.54, 1.807) is 12.1 Å². The van der Waals surface area contributed by atoms with Crippen molar-refractivity contribution in [3.8, 4) is 0 Å². The number of hydrogen-bond acceptors (Lipinski definition) is 3. The molecule has 158 valence electrons. The summed E-state index contributed by atoms with van der Waals surface area (Å²) in [6, 6.07) is 14.8. The van der Waals surface area contributed by atoms with Gasteiger partial charge in [0.15, 0.2) is 0 Å². The summed E-state index contributed by atoms with van der Waals surface area (Å²) < 4.78 is 26.1. The van der Waals surface area contributed by atoms with E-state index in [0.717, 1.165) is 24.1 Å². The molecule has 0 atom stereocenters. The van der Waals surface area contributed by atoms with Gasteiger partial charge in [-0.2, -0.15) is 8.78 Å². The number of anilines is 1. The van der Waals surface area contributed by atoms with Gasteiger partial charge < -0.3 is 15.7 Å². The number of halogens is 2. The van der Waals surface area contributed by atoms with Gasteiger partial charge in [-0.05, 0) is 66.6 Å². The molecular weight excluding hydrogens is 390 g/mol. The summed E-state index contributed by atoms with van der Waals surface area (Å²) in [5.74, 6) is -7.02. The second-order valence-electron chi connectivity index (χ2n) is 7.30. The molecule has 1 amide bonds. The SMILES string of the molecule is O=C(NCC(F)(F)C(=O)O)c1ccc(CNc2ccc(C3=CCCCC3)cc2)cc1. The average Bonchev–Trinajstić information content (AvgIpc) is 2.77. The van der Waals surface area contributed by atoms with Crippen LogP contribution >= 0.6 is 0 Å². The zero-order valence-electron chi connectivity index (χ0n) is 16.5. The summed E-state index contributed by atoms with van der Waals surface area (Å²) in [5, 5.41) is 13.6. The standard InChI is InChI=1S/C23H24F2N2O3/c24-23(25,22(29)30)15-27-21(28)19-8-6-16(7-9-19)14-26-20-12-10-18(11-13-20)17-4-2-1-3-5-17/h4,6-13,26H,1-3,5,14-15H2,(H,27,28)(H,29,30). The first-order valence-electron chi connectivity index (χ1n) is 9.87. The van der Waals surface area contributed by atoms with Gasteiger partial charge in [-0.25, -0.2) is 4.79 Å². The summed E-state index contributed by atoms with van der Waals surface area (Å²) in [7, 11) is 0. The van der Waals surface area contributed by atoms with Crippen molar-refractivity contribution in [2.75, 3.05) is 11.9 Å². The molecule has 1 aliphatic rings. The number of hydrogen-bond donors (Lipinski definition) is 3. The average molecular weight is 414 g/mol. The minimum atomic E-state index is -4.00. The minimum Gasteiger partial charge on any atom is -0.477 e. The van der Waals surface area contributed by atoms with E-state index >= 15 is 0 Å². The van der Waals surface area contributed by atoms with Crippen molar-refractivity contribution in [3.63, 3.8) is 0 Å². The van der Waals surface area contributed by atoms with Crippen molar-refractivity contribution in [2.24, 2.45) is 0 Å².